The van der Waals surface area contributed by atoms with Gasteiger partial charge >= 0.3 is 5.97 Å². The number of thioether (sulfide) groups is 1. The van der Waals surface area contributed by atoms with E-state index >= 15 is 0 Å². The first-order valence-electron chi connectivity index (χ1n) is 7.00. The normalized spacial score (nSPS) is 18.6. The van der Waals surface area contributed by atoms with Crippen LogP contribution in [0, 0.1) is 5.92 Å². The lowest BCUT2D eigenvalue weighted by molar-refractivity contribution is 0.0533. The SMILES string of the molecule is CCOC(=O)c1sc(N2CCC(CC)C2)c(SC)c1N. The number of rotatable bonds is 5. The van der Waals surface area contributed by atoms with E-state index in [4.69, 9.17) is 10.5 Å². The Labute approximate surface area is 128 Å². The Morgan fingerprint density at radius 2 is 2.30 bits per heavy atom. The third kappa shape index (κ3) is 2.91. The Kier molecular flexibility index (Phi) is 5.21. The summed E-state index contributed by atoms with van der Waals surface area (Å²) >= 11 is 3.08. The minimum absolute atomic E-state index is 0.303. The zero-order chi connectivity index (χ0) is 14.7. The summed E-state index contributed by atoms with van der Waals surface area (Å²) in [6, 6.07) is 0. The summed E-state index contributed by atoms with van der Waals surface area (Å²) in [4.78, 5) is 15.9. The summed E-state index contributed by atoms with van der Waals surface area (Å²) in [5.41, 5.74) is 6.72. The van der Waals surface area contributed by atoms with E-state index in [1.807, 2.05) is 13.2 Å². The molecule has 1 aliphatic heterocycles. The predicted molar refractivity (Wildman–Crippen MR) is 87.1 cm³/mol. The summed E-state index contributed by atoms with van der Waals surface area (Å²) in [5, 5.41) is 1.13. The number of thiophene rings is 1. The van der Waals surface area contributed by atoms with Crippen LogP contribution < -0.4 is 10.6 Å². The van der Waals surface area contributed by atoms with Crippen molar-refractivity contribution < 1.29 is 9.53 Å². The average molecular weight is 314 g/mol. The number of hydrogen-bond donors (Lipinski definition) is 1. The van der Waals surface area contributed by atoms with Gasteiger partial charge in [0.05, 0.1) is 17.2 Å². The maximum atomic E-state index is 12.0. The van der Waals surface area contributed by atoms with Crippen molar-refractivity contribution in [2.24, 2.45) is 5.92 Å². The van der Waals surface area contributed by atoms with Crippen molar-refractivity contribution in [1.82, 2.24) is 0 Å². The lowest BCUT2D eigenvalue weighted by Crippen LogP contribution is -2.18. The largest absolute Gasteiger partial charge is 0.462 e. The fourth-order valence-electron chi connectivity index (χ4n) is 2.52. The Balaban J connectivity index is 2.29. The second-order valence-corrected chi connectivity index (χ2v) is 6.73. The maximum Gasteiger partial charge on any atom is 0.350 e. The fraction of sp³-hybridized carbons (Fsp3) is 0.643. The molecule has 6 heteroatoms. The molecule has 0 radical (unpaired) electrons. The number of ether oxygens (including phenoxy) is 1. The Morgan fingerprint density at radius 1 is 1.55 bits per heavy atom. The molecule has 1 unspecified atom stereocenters. The zero-order valence-corrected chi connectivity index (χ0v) is 13.9. The molecular weight excluding hydrogens is 292 g/mol. The quantitative estimate of drug-likeness (QED) is 0.666. The van der Waals surface area contributed by atoms with E-state index in [0.29, 0.717) is 17.2 Å². The molecule has 0 amide bonds. The number of anilines is 2. The van der Waals surface area contributed by atoms with Crippen LogP contribution in [0.25, 0.3) is 0 Å². The monoisotopic (exact) mass is 314 g/mol. The molecule has 0 bridgehead atoms. The van der Waals surface area contributed by atoms with Crippen LogP contribution in [0.1, 0.15) is 36.4 Å². The summed E-state index contributed by atoms with van der Waals surface area (Å²) in [6.07, 6.45) is 4.43. The maximum absolute atomic E-state index is 12.0. The average Bonchev–Trinajstić information content (AvgIpc) is 3.02. The van der Waals surface area contributed by atoms with E-state index in [1.54, 1.807) is 11.8 Å². The minimum Gasteiger partial charge on any atom is -0.462 e. The van der Waals surface area contributed by atoms with Gasteiger partial charge in [-0.05, 0) is 25.5 Å². The Morgan fingerprint density at radius 3 is 2.85 bits per heavy atom. The molecule has 1 saturated heterocycles. The molecule has 1 aromatic rings. The van der Waals surface area contributed by atoms with Crippen molar-refractivity contribution >= 4 is 39.8 Å². The van der Waals surface area contributed by atoms with Gasteiger partial charge in [-0.1, -0.05) is 13.3 Å². The van der Waals surface area contributed by atoms with Gasteiger partial charge in [0, 0.05) is 13.1 Å². The molecule has 2 rings (SSSR count). The summed E-state index contributed by atoms with van der Waals surface area (Å²) in [5.74, 6) is 0.446. The van der Waals surface area contributed by atoms with Crippen molar-refractivity contribution in [1.29, 1.82) is 0 Å². The van der Waals surface area contributed by atoms with Crippen LogP contribution in [0.5, 0.6) is 0 Å². The number of hydrogen-bond acceptors (Lipinski definition) is 6. The molecule has 112 valence electrons. The van der Waals surface area contributed by atoms with E-state index in [9.17, 15) is 4.79 Å². The summed E-state index contributed by atoms with van der Waals surface area (Å²) in [7, 11) is 0. The van der Waals surface area contributed by atoms with E-state index in [2.05, 4.69) is 11.8 Å². The lowest BCUT2D eigenvalue weighted by atomic mass is 10.1. The summed E-state index contributed by atoms with van der Waals surface area (Å²) in [6.45, 7) is 6.53. The molecule has 4 nitrogen and oxygen atoms in total. The topological polar surface area (TPSA) is 55.6 Å². The van der Waals surface area contributed by atoms with Crippen molar-refractivity contribution in [3.05, 3.63) is 4.88 Å². The molecule has 1 aromatic heterocycles. The van der Waals surface area contributed by atoms with Gasteiger partial charge in [-0.15, -0.1) is 23.1 Å². The highest BCUT2D eigenvalue weighted by Gasteiger charge is 2.28. The van der Waals surface area contributed by atoms with Crippen molar-refractivity contribution in [2.45, 2.75) is 31.6 Å². The zero-order valence-electron chi connectivity index (χ0n) is 12.3. The van der Waals surface area contributed by atoms with Gasteiger partial charge in [0.2, 0.25) is 0 Å². The Hall–Kier alpha value is -0.880. The highest BCUT2D eigenvalue weighted by molar-refractivity contribution is 7.99. The van der Waals surface area contributed by atoms with Gasteiger partial charge in [0.15, 0.2) is 0 Å². The van der Waals surface area contributed by atoms with E-state index in [-0.39, 0.29) is 5.97 Å². The van der Waals surface area contributed by atoms with Crippen LogP contribution in [0.4, 0.5) is 10.7 Å². The highest BCUT2D eigenvalue weighted by Crippen LogP contribution is 2.45. The van der Waals surface area contributed by atoms with Gasteiger partial charge in [-0.2, -0.15) is 0 Å². The van der Waals surface area contributed by atoms with Crippen LogP contribution in [0.2, 0.25) is 0 Å². The van der Waals surface area contributed by atoms with Crippen LogP contribution in [-0.4, -0.2) is 31.9 Å². The first-order valence-corrected chi connectivity index (χ1v) is 9.04. The number of carbonyl (C=O) groups is 1. The number of nitrogens with two attached hydrogens (primary N) is 1. The predicted octanol–water partition coefficient (Wildman–Crippen LogP) is 3.47. The van der Waals surface area contributed by atoms with Crippen molar-refractivity contribution in [3.63, 3.8) is 0 Å². The molecule has 2 heterocycles. The molecule has 0 saturated carbocycles. The number of carbonyl (C=O) groups excluding carboxylic acids is 1. The molecule has 0 aliphatic carbocycles. The lowest BCUT2D eigenvalue weighted by Gasteiger charge is -2.17. The van der Waals surface area contributed by atoms with Crippen LogP contribution in [0.3, 0.4) is 0 Å². The summed E-state index contributed by atoms with van der Waals surface area (Å²) < 4.78 is 5.09. The van der Waals surface area contributed by atoms with Gasteiger partial charge in [0.1, 0.15) is 9.88 Å². The van der Waals surface area contributed by atoms with Crippen LogP contribution >= 0.6 is 23.1 Å². The van der Waals surface area contributed by atoms with E-state index in [0.717, 1.165) is 28.9 Å². The van der Waals surface area contributed by atoms with Crippen LogP contribution in [0.15, 0.2) is 4.90 Å². The molecule has 0 spiro atoms. The first-order chi connectivity index (χ1) is 9.62. The smallest absolute Gasteiger partial charge is 0.350 e. The minimum atomic E-state index is -0.303. The second-order valence-electron chi connectivity index (χ2n) is 4.91. The Bertz CT molecular complexity index is 488. The van der Waals surface area contributed by atoms with E-state index in [1.165, 1.54) is 24.2 Å². The number of nitrogen functional groups attached to an aromatic ring is 1. The standard InChI is InChI=1S/C14H22N2O2S2/c1-4-9-6-7-16(8-9)13-11(19-3)10(15)12(20-13)14(17)18-5-2/h9H,4-8,15H2,1-3H3. The molecule has 1 fully saturated rings. The molecule has 1 aliphatic rings. The van der Waals surface area contributed by atoms with E-state index < -0.39 is 0 Å². The third-order valence-corrected chi connectivity index (χ3v) is 5.89. The first kappa shape index (κ1) is 15.5. The highest BCUT2D eigenvalue weighted by atomic mass is 32.2. The van der Waals surface area contributed by atoms with Gasteiger partial charge in [0.25, 0.3) is 0 Å². The third-order valence-electron chi connectivity index (χ3n) is 3.70. The molecule has 20 heavy (non-hydrogen) atoms. The second kappa shape index (κ2) is 6.72. The van der Waals surface area contributed by atoms with Crippen molar-refractivity contribution in [3.8, 4) is 0 Å². The molecule has 0 aromatic carbocycles. The van der Waals surface area contributed by atoms with Gasteiger partial charge in [-0.25, -0.2) is 4.79 Å². The van der Waals surface area contributed by atoms with Crippen LogP contribution in [-0.2, 0) is 4.74 Å². The van der Waals surface area contributed by atoms with Gasteiger partial charge < -0.3 is 15.4 Å². The number of esters is 1. The molecule has 2 N–H and O–H groups in total. The molecule has 1 atom stereocenters. The van der Waals surface area contributed by atoms with Crippen molar-refractivity contribution in [2.75, 3.05) is 36.6 Å². The number of nitrogens with zero attached hydrogens (tertiary/aromatic N) is 1. The fourth-order valence-corrected chi connectivity index (χ4v) is 4.63. The van der Waals surface area contributed by atoms with Gasteiger partial charge in [-0.3, -0.25) is 0 Å². The molecular formula is C14H22N2O2S2.